The first-order valence-electron chi connectivity index (χ1n) is 17.4. The summed E-state index contributed by atoms with van der Waals surface area (Å²) in [7, 11) is 0. The molecule has 4 rings (SSSR count). The van der Waals surface area contributed by atoms with Gasteiger partial charge in [0.1, 0.15) is 104 Å². The molecule has 23 unspecified atom stereocenters. The predicted octanol–water partition coefficient (Wildman–Crippen LogP) is -10.9. The highest BCUT2D eigenvalue weighted by Crippen LogP contribution is 2.34. The summed E-state index contributed by atoms with van der Waals surface area (Å²) in [5.41, 5.74) is -0.0114. The molecule has 3 heterocycles. The van der Waals surface area contributed by atoms with Crippen LogP contribution in [0.4, 0.5) is 0 Å². The van der Waals surface area contributed by atoms with Gasteiger partial charge in [0.2, 0.25) is 0 Å². The summed E-state index contributed by atoms with van der Waals surface area (Å²) in [4.78, 5) is 11.0. The molecule has 55 heavy (non-hydrogen) atoms. The molecule has 24 heteroatoms. The second kappa shape index (κ2) is 20.0. The van der Waals surface area contributed by atoms with E-state index in [0.29, 0.717) is 0 Å². The highest BCUT2D eigenvalue weighted by atomic mass is 16.8. The van der Waals surface area contributed by atoms with Gasteiger partial charge < -0.3 is 120 Å². The Kier molecular flexibility index (Phi) is 16.8. The number of aldehydes is 1. The van der Waals surface area contributed by atoms with Crippen molar-refractivity contribution in [2.24, 2.45) is 0 Å². The van der Waals surface area contributed by atoms with E-state index in [2.05, 4.69) is 5.32 Å². The van der Waals surface area contributed by atoms with Crippen LogP contribution in [0.25, 0.3) is 0 Å². The number of aliphatic hydroxyl groups excluding tert-OH is 16. The van der Waals surface area contributed by atoms with Crippen molar-refractivity contribution in [1.82, 2.24) is 5.32 Å². The Balaban J connectivity index is 1.42. The molecule has 320 valence electrons. The van der Waals surface area contributed by atoms with E-state index in [1.165, 1.54) is 13.0 Å². The SMILES string of the molecule is CC1OC(OC2C(CO)OC(OC3C(CO)OC(OC(C(O)CO)C(O)C(O)C=O)C(O)C3O)C(O)C2O)C(O)C(O)C1NC1C=C(CO)C(O)C(O)C1O. The third-order valence-corrected chi connectivity index (χ3v) is 10.1. The van der Waals surface area contributed by atoms with Gasteiger partial charge in [0.05, 0.1) is 44.6 Å². The second-order valence-corrected chi connectivity index (χ2v) is 13.8. The first-order valence-corrected chi connectivity index (χ1v) is 17.4. The molecule has 23 atom stereocenters. The van der Waals surface area contributed by atoms with E-state index in [0.717, 1.165) is 0 Å². The average Bonchev–Trinajstić information content (AvgIpc) is 3.18. The minimum Gasteiger partial charge on any atom is -0.394 e. The summed E-state index contributed by atoms with van der Waals surface area (Å²) < 4.78 is 33.3. The van der Waals surface area contributed by atoms with Crippen molar-refractivity contribution in [3.63, 3.8) is 0 Å². The van der Waals surface area contributed by atoms with Crippen LogP contribution in [0.15, 0.2) is 11.6 Å². The molecular formula is C31H53NO23. The Morgan fingerprint density at radius 1 is 0.709 bits per heavy atom. The fourth-order valence-corrected chi connectivity index (χ4v) is 6.84. The molecule has 3 saturated heterocycles. The van der Waals surface area contributed by atoms with E-state index < -0.39 is 167 Å². The molecule has 24 nitrogen and oxygen atoms in total. The number of hydrogen-bond acceptors (Lipinski definition) is 24. The van der Waals surface area contributed by atoms with E-state index in [1.807, 2.05) is 0 Å². The van der Waals surface area contributed by atoms with Crippen LogP contribution in [0.5, 0.6) is 0 Å². The molecule has 0 bridgehead atoms. The second-order valence-electron chi connectivity index (χ2n) is 13.8. The predicted molar refractivity (Wildman–Crippen MR) is 172 cm³/mol. The van der Waals surface area contributed by atoms with Crippen LogP contribution in [0, 0.1) is 0 Å². The molecule has 0 aromatic heterocycles. The number of nitrogens with one attached hydrogen (secondary N) is 1. The van der Waals surface area contributed by atoms with Crippen LogP contribution in [0.1, 0.15) is 6.92 Å². The van der Waals surface area contributed by atoms with E-state index in [4.69, 9.17) is 28.4 Å². The molecule has 0 aromatic carbocycles. The zero-order valence-electron chi connectivity index (χ0n) is 29.3. The molecule has 0 aromatic rings. The first kappa shape index (κ1) is 46.2. The summed E-state index contributed by atoms with van der Waals surface area (Å²) in [6, 6.07) is -2.28. The first-order chi connectivity index (χ1) is 25.9. The lowest BCUT2D eigenvalue weighted by molar-refractivity contribution is -0.380. The zero-order valence-corrected chi connectivity index (χ0v) is 29.3. The van der Waals surface area contributed by atoms with Gasteiger partial charge in [0.15, 0.2) is 25.2 Å². The Hall–Kier alpha value is -1.51. The maximum Gasteiger partial charge on any atom is 0.187 e. The van der Waals surface area contributed by atoms with Crippen molar-refractivity contribution >= 4 is 6.29 Å². The monoisotopic (exact) mass is 807 g/mol. The number of aliphatic hydroxyl groups is 16. The van der Waals surface area contributed by atoms with Gasteiger partial charge in [-0.3, -0.25) is 0 Å². The lowest BCUT2D eigenvalue weighted by atomic mass is 9.86. The average molecular weight is 808 g/mol. The van der Waals surface area contributed by atoms with Gasteiger partial charge in [-0.25, -0.2) is 0 Å². The Labute approximate surface area is 312 Å². The van der Waals surface area contributed by atoms with Crippen LogP contribution in [-0.2, 0) is 33.2 Å². The lowest BCUT2D eigenvalue weighted by Gasteiger charge is -2.49. The molecule has 0 amide bonds. The van der Waals surface area contributed by atoms with Gasteiger partial charge >= 0.3 is 0 Å². The topological polar surface area (TPSA) is 408 Å². The molecule has 4 aliphatic rings. The van der Waals surface area contributed by atoms with E-state index in [9.17, 15) is 86.5 Å². The number of carbonyl (C=O) groups excluding carboxylic acids is 1. The van der Waals surface area contributed by atoms with Crippen molar-refractivity contribution in [3.8, 4) is 0 Å². The third kappa shape index (κ3) is 9.86. The van der Waals surface area contributed by atoms with Crippen molar-refractivity contribution in [2.45, 2.75) is 148 Å². The summed E-state index contributed by atoms with van der Waals surface area (Å²) in [5, 5.41) is 168. The van der Waals surface area contributed by atoms with E-state index in [1.54, 1.807) is 0 Å². The fraction of sp³-hybridized carbons (Fsp3) is 0.903. The van der Waals surface area contributed by atoms with Crippen LogP contribution in [0.3, 0.4) is 0 Å². The van der Waals surface area contributed by atoms with Crippen LogP contribution in [0.2, 0.25) is 0 Å². The van der Waals surface area contributed by atoms with Gasteiger partial charge in [-0.1, -0.05) is 6.08 Å². The molecule has 0 radical (unpaired) electrons. The Bertz CT molecular complexity index is 1230. The molecule has 3 fully saturated rings. The highest BCUT2D eigenvalue weighted by molar-refractivity contribution is 5.56. The van der Waals surface area contributed by atoms with Crippen LogP contribution < -0.4 is 5.32 Å². The molecule has 0 spiro atoms. The van der Waals surface area contributed by atoms with Crippen molar-refractivity contribution in [3.05, 3.63) is 11.6 Å². The van der Waals surface area contributed by atoms with Gasteiger partial charge in [0, 0.05) is 0 Å². The maximum atomic E-state index is 11.1. The lowest BCUT2D eigenvalue weighted by Crippen LogP contribution is -2.68. The molecule has 17 N–H and O–H groups in total. The van der Waals surface area contributed by atoms with Crippen molar-refractivity contribution < 1.29 is 115 Å². The summed E-state index contributed by atoms with van der Waals surface area (Å²) >= 11 is 0. The quantitative estimate of drug-likeness (QED) is 0.0508. The Morgan fingerprint density at radius 2 is 1.22 bits per heavy atom. The van der Waals surface area contributed by atoms with Crippen LogP contribution in [-0.4, -0.2) is 255 Å². The van der Waals surface area contributed by atoms with Crippen LogP contribution >= 0.6 is 0 Å². The smallest absolute Gasteiger partial charge is 0.187 e. The summed E-state index contributed by atoms with van der Waals surface area (Å²) in [6.07, 6.45) is -37.2. The number of ether oxygens (including phenoxy) is 6. The molecule has 3 aliphatic heterocycles. The van der Waals surface area contributed by atoms with Crippen molar-refractivity contribution in [2.75, 3.05) is 26.4 Å². The highest BCUT2D eigenvalue weighted by Gasteiger charge is 2.54. The number of rotatable bonds is 16. The molecular weight excluding hydrogens is 754 g/mol. The zero-order chi connectivity index (χ0) is 41.0. The standard InChI is InChI=1S/C31H53NO23/c1-8-15(32-10-2-9(3-33)16(40)20(44)17(10)41)19(43)23(47)29(50-8)54-27-13(6-36)52-31(25(49)22(27)46)55-28-14(7-37)51-30(24(48)21(28)45)53-26(12(39)5-35)18(42)11(38)4-34/h2,4,8,10-33,35-49H,3,5-7H2,1H3. The maximum absolute atomic E-state index is 11.1. The van der Waals surface area contributed by atoms with Gasteiger partial charge in [-0.15, -0.1) is 0 Å². The fourth-order valence-electron chi connectivity index (χ4n) is 6.84. The van der Waals surface area contributed by atoms with E-state index in [-0.39, 0.29) is 11.9 Å². The molecule has 0 saturated carbocycles. The minimum atomic E-state index is -2.16. The van der Waals surface area contributed by atoms with Crippen molar-refractivity contribution in [1.29, 1.82) is 0 Å². The number of carbonyl (C=O) groups is 1. The Morgan fingerprint density at radius 3 is 1.73 bits per heavy atom. The molecule has 1 aliphatic carbocycles. The summed E-state index contributed by atoms with van der Waals surface area (Å²) in [6.45, 7) is -2.17. The van der Waals surface area contributed by atoms with Gasteiger partial charge in [-0.05, 0) is 12.5 Å². The minimum absolute atomic E-state index is 0.0114. The summed E-state index contributed by atoms with van der Waals surface area (Å²) in [5.74, 6) is 0. The van der Waals surface area contributed by atoms with E-state index >= 15 is 0 Å². The largest absolute Gasteiger partial charge is 0.394 e. The van der Waals surface area contributed by atoms with Gasteiger partial charge in [0.25, 0.3) is 0 Å². The van der Waals surface area contributed by atoms with Gasteiger partial charge in [-0.2, -0.15) is 0 Å². The normalized spacial score (nSPS) is 46.3. The number of hydrogen-bond donors (Lipinski definition) is 17. The third-order valence-electron chi connectivity index (χ3n) is 10.1.